The van der Waals surface area contributed by atoms with E-state index in [0.717, 1.165) is 11.1 Å². The summed E-state index contributed by atoms with van der Waals surface area (Å²) in [6.45, 7) is 2.59. The Bertz CT molecular complexity index is 920. The van der Waals surface area contributed by atoms with Crippen molar-refractivity contribution in [3.05, 3.63) is 95.6 Å². The van der Waals surface area contributed by atoms with Crippen LogP contribution in [-0.2, 0) is 11.3 Å². The standard InChI is InChI=1S/C23H21NO3/c1-16-7-9-18(10-8-16)21-22(27-20-13-11-19(25)12-14-20)23(26)24(21)15-17-5-3-2-4-6-17/h2-14,21-22,25H,15H2,1H3/t21-,22+/m0/s1. The van der Waals surface area contributed by atoms with E-state index in [4.69, 9.17) is 4.74 Å². The molecular formula is C23H21NO3. The van der Waals surface area contributed by atoms with Gasteiger partial charge in [0.2, 0.25) is 6.10 Å². The molecule has 0 bridgehead atoms. The highest BCUT2D eigenvalue weighted by Gasteiger charge is 2.49. The fourth-order valence-corrected chi connectivity index (χ4v) is 3.38. The molecule has 3 aromatic carbocycles. The zero-order chi connectivity index (χ0) is 18.8. The lowest BCUT2D eigenvalue weighted by Crippen LogP contribution is -2.60. The second-order valence-electron chi connectivity index (χ2n) is 6.84. The van der Waals surface area contributed by atoms with Crippen molar-refractivity contribution in [1.82, 2.24) is 4.90 Å². The largest absolute Gasteiger partial charge is 0.508 e. The third-order valence-corrected chi connectivity index (χ3v) is 4.86. The molecule has 1 saturated heterocycles. The van der Waals surface area contributed by atoms with E-state index >= 15 is 0 Å². The molecule has 3 aromatic rings. The van der Waals surface area contributed by atoms with Crippen molar-refractivity contribution in [3.8, 4) is 11.5 Å². The molecule has 1 aliphatic rings. The quantitative estimate of drug-likeness (QED) is 0.694. The SMILES string of the molecule is Cc1ccc([C@H]2[C@@H](Oc3ccc(O)cc3)C(=O)N2Cc2ccccc2)cc1. The average Bonchev–Trinajstić information content (AvgIpc) is 2.70. The smallest absolute Gasteiger partial charge is 0.267 e. The number of nitrogens with zero attached hydrogens (tertiary/aromatic N) is 1. The topological polar surface area (TPSA) is 49.8 Å². The summed E-state index contributed by atoms with van der Waals surface area (Å²) in [6, 6.07) is 24.5. The number of carbonyl (C=O) groups excluding carboxylic acids is 1. The fourth-order valence-electron chi connectivity index (χ4n) is 3.38. The highest BCUT2D eigenvalue weighted by molar-refractivity contribution is 5.89. The van der Waals surface area contributed by atoms with Crippen molar-refractivity contribution in [1.29, 1.82) is 0 Å². The first kappa shape index (κ1) is 17.2. The number of aryl methyl sites for hydroxylation is 1. The molecule has 0 saturated carbocycles. The molecule has 1 aliphatic heterocycles. The molecule has 2 atom stereocenters. The maximum absolute atomic E-state index is 12.8. The van der Waals surface area contributed by atoms with E-state index in [1.165, 1.54) is 5.56 Å². The van der Waals surface area contributed by atoms with Gasteiger partial charge in [0.15, 0.2) is 0 Å². The van der Waals surface area contributed by atoms with Gasteiger partial charge >= 0.3 is 0 Å². The van der Waals surface area contributed by atoms with Gasteiger partial charge in [0.1, 0.15) is 17.5 Å². The molecule has 1 heterocycles. The Kier molecular flexibility index (Phi) is 4.55. The Morgan fingerprint density at radius 2 is 1.59 bits per heavy atom. The first-order valence-electron chi connectivity index (χ1n) is 8.98. The molecule has 4 heteroatoms. The molecule has 0 aromatic heterocycles. The Morgan fingerprint density at radius 1 is 0.926 bits per heavy atom. The van der Waals surface area contributed by atoms with Crippen LogP contribution >= 0.6 is 0 Å². The van der Waals surface area contributed by atoms with Gasteiger partial charge in [-0.1, -0.05) is 60.2 Å². The van der Waals surface area contributed by atoms with Crippen LogP contribution in [0.3, 0.4) is 0 Å². The Hall–Kier alpha value is -3.27. The van der Waals surface area contributed by atoms with E-state index in [1.807, 2.05) is 42.2 Å². The van der Waals surface area contributed by atoms with E-state index in [1.54, 1.807) is 24.3 Å². The summed E-state index contributed by atoms with van der Waals surface area (Å²) < 4.78 is 5.98. The van der Waals surface area contributed by atoms with E-state index < -0.39 is 6.10 Å². The zero-order valence-corrected chi connectivity index (χ0v) is 15.1. The number of benzene rings is 3. The minimum Gasteiger partial charge on any atom is -0.508 e. The lowest BCUT2D eigenvalue weighted by Gasteiger charge is -2.47. The van der Waals surface area contributed by atoms with Crippen molar-refractivity contribution in [2.24, 2.45) is 0 Å². The molecular weight excluding hydrogens is 338 g/mol. The number of ether oxygens (including phenoxy) is 1. The number of phenols is 1. The highest BCUT2D eigenvalue weighted by Crippen LogP contribution is 2.39. The lowest BCUT2D eigenvalue weighted by atomic mass is 9.89. The molecule has 4 rings (SSSR count). The third kappa shape index (κ3) is 3.51. The number of hydrogen-bond donors (Lipinski definition) is 1. The Labute approximate surface area is 158 Å². The maximum atomic E-state index is 12.8. The molecule has 27 heavy (non-hydrogen) atoms. The molecule has 4 nitrogen and oxygen atoms in total. The van der Waals surface area contributed by atoms with Crippen LogP contribution in [0.25, 0.3) is 0 Å². The number of rotatable bonds is 5. The van der Waals surface area contributed by atoms with Crippen LogP contribution in [0.4, 0.5) is 0 Å². The molecule has 1 fully saturated rings. The van der Waals surface area contributed by atoms with Crippen LogP contribution < -0.4 is 4.74 Å². The van der Waals surface area contributed by atoms with Crippen LogP contribution in [-0.4, -0.2) is 22.0 Å². The second kappa shape index (κ2) is 7.16. The fraction of sp³-hybridized carbons (Fsp3) is 0.174. The van der Waals surface area contributed by atoms with Crippen molar-refractivity contribution in [2.75, 3.05) is 0 Å². The van der Waals surface area contributed by atoms with E-state index in [0.29, 0.717) is 12.3 Å². The number of carbonyl (C=O) groups is 1. The molecule has 136 valence electrons. The lowest BCUT2D eigenvalue weighted by molar-refractivity contribution is -0.165. The predicted molar refractivity (Wildman–Crippen MR) is 103 cm³/mol. The summed E-state index contributed by atoms with van der Waals surface area (Å²) in [5.41, 5.74) is 3.32. The van der Waals surface area contributed by atoms with Gasteiger partial charge in [-0.15, -0.1) is 0 Å². The summed E-state index contributed by atoms with van der Waals surface area (Å²) in [7, 11) is 0. The van der Waals surface area contributed by atoms with Crippen molar-refractivity contribution >= 4 is 5.91 Å². The van der Waals surface area contributed by atoms with Crippen molar-refractivity contribution in [2.45, 2.75) is 25.6 Å². The van der Waals surface area contributed by atoms with E-state index in [2.05, 4.69) is 24.3 Å². The van der Waals surface area contributed by atoms with E-state index in [9.17, 15) is 9.90 Å². The molecule has 0 aliphatic carbocycles. The number of aromatic hydroxyl groups is 1. The number of phenolic OH excluding ortho intramolecular Hbond substituents is 1. The number of hydrogen-bond acceptors (Lipinski definition) is 3. The van der Waals surface area contributed by atoms with Gasteiger partial charge in [0.25, 0.3) is 5.91 Å². The second-order valence-corrected chi connectivity index (χ2v) is 6.84. The molecule has 0 unspecified atom stereocenters. The molecule has 1 N–H and O–H groups in total. The first-order chi connectivity index (χ1) is 13.1. The minimum atomic E-state index is -0.569. The molecule has 0 spiro atoms. The van der Waals surface area contributed by atoms with Crippen LogP contribution in [0, 0.1) is 6.92 Å². The molecule has 1 amide bonds. The normalized spacial score (nSPS) is 18.9. The van der Waals surface area contributed by atoms with E-state index in [-0.39, 0.29) is 17.7 Å². The summed E-state index contributed by atoms with van der Waals surface area (Å²) in [4.78, 5) is 14.7. The number of β-lactam (4-membered cyclic amide) rings is 1. The zero-order valence-electron chi connectivity index (χ0n) is 15.1. The third-order valence-electron chi connectivity index (χ3n) is 4.86. The number of likely N-dealkylation sites (tertiary alicyclic amines) is 1. The predicted octanol–water partition coefficient (Wildman–Crippen LogP) is 4.23. The van der Waals surface area contributed by atoms with Gasteiger partial charge in [-0.25, -0.2) is 0 Å². The van der Waals surface area contributed by atoms with Gasteiger partial charge < -0.3 is 14.7 Å². The van der Waals surface area contributed by atoms with Crippen LogP contribution in [0.2, 0.25) is 0 Å². The Balaban J connectivity index is 1.60. The highest BCUT2D eigenvalue weighted by atomic mass is 16.5. The van der Waals surface area contributed by atoms with Crippen LogP contribution in [0.1, 0.15) is 22.7 Å². The number of amides is 1. The van der Waals surface area contributed by atoms with Gasteiger partial charge in [0, 0.05) is 6.54 Å². The van der Waals surface area contributed by atoms with Crippen molar-refractivity contribution in [3.63, 3.8) is 0 Å². The monoisotopic (exact) mass is 359 g/mol. The van der Waals surface area contributed by atoms with Crippen LogP contribution in [0.5, 0.6) is 11.5 Å². The Morgan fingerprint density at radius 3 is 2.26 bits per heavy atom. The van der Waals surface area contributed by atoms with Gasteiger partial charge in [-0.3, -0.25) is 4.79 Å². The summed E-state index contributed by atoms with van der Waals surface area (Å²) in [5, 5.41) is 9.45. The maximum Gasteiger partial charge on any atom is 0.267 e. The van der Waals surface area contributed by atoms with Crippen LogP contribution in [0.15, 0.2) is 78.9 Å². The summed E-state index contributed by atoms with van der Waals surface area (Å²) in [5.74, 6) is 0.711. The van der Waals surface area contributed by atoms with Crippen molar-refractivity contribution < 1.29 is 14.6 Å². The van der Waals surface area contributed by atoms with Gasteiger partial charge in [-0.2, -0.15) is 0 Å². The minimum absolute atomic E-state index is 0.0301. The molecule has 0 radical (unpaired) electrons. The first-order valence-corrected chi connectivity index (χ1v) is 8.98. The summed E-state index contributed by atoms with van der Waals surface area (Å²) in [6.07, 6.45) is -0.569. The summed E-state index contributed by atoms with van der Waals surface area (Å²) >= 11 is 0. The average molecular weight is 359 g/mol. The van der Waals surface area contributed by atoms with Gasteiger partial charge in [0.05, 0.1) is 0 Å². The van der Waals surface area contributed by atoms with Gasteiger partial charge in [-0.05, 0) is 42.3 Å².